The van der Waals surface area contributed by atoms with Gasteiger partial charge in [0.2, 0.25) is 11.8 Å². The van der Waals surface area contributed by atoms with Gasteiger partial charge in [-0.05, 0) is 54.3 Å². The largest absolute Gasteiger partial charge is 0.335 e. The lowest BCUT2D eigenvalue weighted by atomic mass is 9.87. The van der Waals surface area contributed by atoms with Crippen molar-refractivity contribution < 1.29 is 14.0 Å². The smallest absolute Gasteiger partial charge is 0.231 e. The van der Waals surface area contributed by atoms with Gasteiger partial charge < -0.3 is 10.2 Å². The number of aromatic nitrogens is 1. The van der Waals surface area contributed by atoms with Crippen LogP contribution in [0.3, 0.4) is 0 Å². The van der Waals surface area contributed by atoms with Crippen LogP contribution >= 0.6 is 0 Å². The van der Waals surface area contributed by atoms with E-state index >= 15 is 0 Å². The fraction of sp³-hybridized carbons (Fsp3) is 0.409. The predicted molar refractivity (Wildman–Crippen MR) is 104 cm³/mol. The number of anilines is 1. The minimum atomic E-state index is -0.650. The Morgan fingerprint density at radius 2 is 1.89 bits per heavy atom. The minimum Gasteiger partial charge on any atom is -0.335 e. The van der Waals surface area contributed by atoms with E-state index in [-0.39, 0.29) is 24.3 Å². The lowest BCUT2D eigenvalue weighted by Gasteiger charge is -2.38. The van der Waals surface area contributed by atoms with Gasteiger partial charge in [0.15, 0.2) is 0 Å². The number of nitrogens with one attached hydrogen (secondary N) is 1. The molecule has 146 valence electrons. The molecule has 2 aliphatic rings. The third-order valence-electron chi connectivity index (χ3n) is 5.75. The highest BCUT2D eigenvalue weighted by molar-refractivity contribution is 6.01. The maximum absolute atomic E-state index is 13.9. The summed E-state index contributed by atoms with van der Waals surface area (Å²) in [5.74, 6) is -1.34. The maximum Gasteiger partial charge on any atom is 0.231 e. The third kappa shape index (κ3) is 3.91. The first-order valence-corrected chi connectivity index (χ1v) is 9.90. The Morgan fingerprint density at radius 3 is 2.64 bits per heavy atom. The second-order valence-corrected chi connectivity index (χ2v) is 7.65. The topological polar surface area (TPSA) is 62.3 Å². The van der Waals surface area contributed by atoms with Gasteiger partial charge in [0, 0.05) is 37.1 Å². The molecule has 0 saturated heterocycles. The van der Waals surface area contributed by atoms with E-state index in [2.05, 4.69) is 10.3 Å². The monoisotopic (exact) mass is 381 g/mol. The van der Waals surface area contributed by atoms with Crippen molar-refractivity contribution in [2.24, 2.45) is 0 Å². The predicted octanol–water partition coefficient (Wildman–Crippen LogP) is 4.01. The number of fused-ring (bicyclic) bond motifs is 1. The minimum absolute atomic E-state index is 0.0504. The van der Waals surface area contributed by atoms with Gasteiger partial charge in [-0.3, -0.25) is 14.6 Å². The number of pyridine rings is 1. The zero-order valence-electron chi connectivity index (χ0n) is 15.7. The average Bonchev–Trinajstić information content (AvgIpc) is 2.72. The Kier molecular flexibility index (Phi) is 5.37. The van der Waals surface area contributed by atoms with Crippen molar-refractivity contribution in [2.45, 2.75) is 57.0 Å². The summed E-state index contributed by atoms with van der Waals surface area (Å²) in [6.07, 6.45) is 8.80. The van der Waals surface area contributed by atoms with Gasteiger partial charge in [-0.15, -0.1) is 0 Å². The van der Waals surface area contributed by atoms with Gasteiger partial charge in [-0.2, -0.15) is 0 Å². The molecule has 1 aromatic heterocycles. The quantitative estimate of drug-likeness (QED) is 0.870. The number of nitrogens with zero attached hydrogens (tertiary/aromatic N) is 2. The number of rotatable bonds is 4. The zero-order valence-corrected chi connectivity index (χ0v) is 15.7. The first-order valence-electron chi connectivity index (χ1n) is 9.90. The van der Waals surface area contributed by atoms with Crippen molar-refractivity contribution in [3.8, 4) is 0 Å². The fourth-order valence-electron chi connectivity index (χ4n) is 4.32. The molecule has 1 aliphatic carbocycles. The number of benzene rings is 1. The molecule has 5 nitrogen and oxygen atoms in total. The lowest BCUT2D eigenvalue weighted by Crippen LogP contribution is -2.45. The van der Waals surface area contributed by atoms with Crippen molar-refractivity contribution in [3.63, 3.8) is 0 Å². The molecule has 1 aliphatic heterocycles. The van der Waals surface area contributed by atoms with Gasteiger partial charge in [-0.1, -0.05) is 19.3 Å². The van der Waals surface area contributed by atoms with Gasteiger partial charge >= 0.3 is 0 Å². The van der Waals surface area contributed by atoms with Crippen molar-refractivity contribution in [2.75, 3.05) is 5.32 Å². The van der Waals surface area contributed by atoms with E-state index in [4.69, 9.17) is 0 Å². The molecule has 1 fully saturated rings. The molecule has 1 saturated carbocycles. The molecule has 4 rings (SSSR count). The van der Waals surface area contributed by atoms with E-state index in [0.717, 1.165) is 31.2 Å². The Bertz CT molecular complexity index is 865. The SMILES string of the molecule is O=C1C[C@H](C(=O)N(Cc2ccncc2)C2CCCCC2)c2cc(F)ccc2N1. The van der Waals surface area contributed by atoms with E-state index in [1.54, 1.807) is 12.4 Å². The Labute approximate surface area is 164 Å². The zero-order chi connectivity index (χ0) is 19.5. The van der Waals surface area contributed by atoms with E-state index in [1.165, 1.54) is 24.6 Å². The Balaban J connectivity index is 1.67. The van der Waals surface area contributed by atoms with Gasteiger partial charge in [0.1, 0.15) is 5.82 Å². The fourth-order valence-corrected chi connectivity index (χ4v) is 4.32. The van der Waals surface area contributed by atoms with Crippen LogP contribution in [0.4, 0.5) is 10.1 Å². The molecule has 0 bridgehead atoms. The number of hydrogen-bond acceptors (Lipinski definition) is 3. The third-order valence-corrected chi connectivity index (χ3v) is 5.75. The van der Waals surface area contributed by atoms with Crippen molar-refractivity contribution >= 4 is 17.5 Å². The molecule has 0 spiro atoms. The molecule has 2 aromatic rings. The number of carbonyl (C=O) groups is 2. The molecule has 28 heavy (non-hydrogen) atoms. The van der Waals surface area contributed by atoms with E-state index in [9.17, 15) is 14.0 Å². The molecule has 2 amide bonds. The normalized spacial score (nSPS) is 19.6. The molecule has 6 heteroatoms. The van der Waals surface area contributed by atoms with Crippen LogP contribution in [-0.4, -0.2) is 27.7 Å². The van der Waals surface area contributed by atoms with Crippen LogP contribution in [0.15, 0.2) is 42.7 Å². The van der Waals surface area contributed by atoms with E-state index < -0.39 is 11.7 Å². The van der Waals surface area contributed by atoms with Crippen molar-refractivity contribution in [3.05, 3.63) is 59.7 Å². The molecule has 1 aromatic carbocycles. The summed E-state index contributed by atoms with van der Waals surface area (Å²) in [5.41, 5.74) is 2.11. The van der Waals surface area contributed by atoms with Crippen molar-refractivity contribution in [1.29, 1.82) is 0 Å². The summed E-state index contributed by atoms with van der Waals surface area (Å²) >= 11 is 0. The van der Waals surface area contributed by atoms with Crippen LogP contribution in [0, 0.1) is 5.82 Å². The Hall–Kier alpha value is -2.76. The number of carbonyl (C=O) groups excluding carboxylic acids is 2. The molecule has 0 radical (unpaired) electrons. The van der Waals surface area contributed by atoms with Gasteiger partial charge in [0.05, 0.1) is 5.92 Å². The van der Waals surface area contributed by atoms with E-state index in [1.807, 2.05) is 17.0 Å². The second kappa shape index (κ2) is 8.09. The molecule has 1 atom stereocenters. The molecular weight excluding hydrogens is 357 g/mol. The highest BCUT2D eigenvalue weighted by Gasteiger charge is 2.36. The van der Waals surface area contributed by atoms with Crippen LogP contribution in [0.25, 0.3) is 0 Å². The van der Waals surface area contributed by atoms with Crippen LogP contribution in [0.1, 0.15) is 55.6 Å². The summed E-state index contributed by atoms with van der Waals surface area (Å²) in [5, 5.41) is 2.76. The highest BCUT2D eigenvalue weighted by Crippen LogP contribution is 2.36. The summed E-state index contributed by atoms with van der Waals surface area (Å²) < 4.78 is 13.9. The number of halogens is 1. The number of amides is 2. The van der Waals surface area contributed by atoms with Gasteiger partial charge in [0.25, 0.3) is 0 Å². The molecule has 2 heterocycles. The summed E-state index contributed by atoms with van der Waals surface area (Å²) in [7, 11) is 0. The van der Waals surface area contributed by atoms with Crippen LogP contribution < -0.4 is 5.32 Å². The highest BCUT2D eigenvalue weighted by atomic mass is 19.1. The second-order valence-electron chi connectivity index (χ2n) is 7.65. The average molecular weight is 381 g/mol. The van der Waals surface area contributed by atoms with Crippen LogP contribution in [0.2, 0.25) is 0 Å². The lowest BCUT2D eigenvalue weighted by molar-refractivity contribution is -0.138. The summed E-state index contributed by atoms with van der Waals surface area (Å²) in [4.78, 5) is 31.8. The number of hydrogen-bond donors (Lipinski definition) is 1. The first kappa shape index (κ1) is 18.6. The standard InChI is InChI=1S/C22H24FN3O2/c23-16-6-7-20-18(12-16)19(13-21(27)25-20)22(28)26(17-4-2-1-3-5-17)14-15-8-10-24-11-9-15/h6-12,17,19H,1-5,13-14H2,(H,25,27)/t19-/m0/s1. The maximum atomic E-state index is 13.9. The van der Waals surface area contributed by atoms with Crippen LogP contribution in [-0.2, 0) is 16.1 Å². The molecule has 1 N–H and O–H groups in total. The summed E-state index contributed by atoms with van der Waals surface area (Å²) in [6, 6.07) is 8.19. The van der Waals surface area contributed by atoms with Gasteiger partial charge in [-0.25, -0.2) is 4.39 Å². The molecule has 0 unspecified atom stereocenters. The molecular formula is C22H24FN3O2. The van der Waals surface area contributed by atoms with Crippen molar-refractivity contribution in [1.82, 2.24) is 9.88 Å². The summed E-state index contributed by atoms with van der Waals surface area (Å²) in [6.45, 7) is 0.481. The first-order chi connectivity index (χ1) is 13.6. The Morgan fingerprint density at radius 1 is 1.14 bits per heavy atom. The van der Waals surface area contributed by atoms with E-state index in [0.29, 0.717) is 17.8 Å². The van der Waals surface area contributed by atoms with Crippen LogP contribution in [0.5, 0.6) is 0 Å².